The SMILES string of the molecule is CCOCCCNC1CC(=O)N(c2ccc(C(=O)OCC(=O)c3ccccc3Cl)cc2)C1=O. The standard InChI is InChI=1S/C24H25ClN2O6/c1-2-32-13-5-12-26-20-14-22(29)27(23(20)30)17-10-8-16(9-11-17)24(31)33-15-21(28)18-6-3-4-7-19(18)25/h3-4,6-11,20,26H,2,5,12-15H2,1H3. The molecule has 33 heavy (non-hydrogen) atoms. The number of rotatable bonds is 11. The van der Waals surface area contributed by atoms with Gasteiger partial charge in [-0.2, -0.15) is 0 Å². The summed E-state index contributed by atoms with van der Waals surface area (Å²) >= 11 is 5.98. The Morgan fingerprint density at radius 3 is 2.55 bits per heavy atom. The minimum Gasteiger partial charge on any atom is -0.454 e. The fraction of sp³-hybridized carbons (Fsp3) is 0.333. The van der Waals surface area contributed by atoms with Crippen molar-refractivity contribution in [3.05, 3.63) is 64.7 Å². The van der Waals surface area contributed by atoms with Gasteiger partial charge in [0, 0.05) is 18.8 Å². The molecular weight excluding hydrogens is 448 g/mol. The van der Waals surface area contributed by atoms with E-state index in [1.807, 2.05) is 6.92 Å². The predicted octanol–water partition coefficient (Wildman–Crippen LogP) is 3.03. The number of amides is 2. The molecule has 174 valence electrons. The average molecular weight is 473 g/mol. The highest BCUT2D eigenvalue weighted by atomic mass is 35.5. The number of carbonyl (C=O) groups excluding carboxylic acids is 4. The molecule has 2 amide bonds. The van der Waals surface area contributed by atoms with Crippen molar-refractivity contribution in [2.75, 3.05) is 31.3 Å². The average Bonchev–Trinajstić information content (AvgIpc) is 3.10. The molecule has 0 bridgehead atoms. The van der Waals surface area contributed by atoms with Crippen LogP contribution in [0.2, 0.25) is 5.02 Å². The smallest absolute Gasteiger partial charge is 0.338 e. The summed E-state index contributed by atoms with van der Waals surface area (Å²) in [6.45, 7) is 3.24. The number of carbonyl (C=O) groups is 4. The lowest BCUT2D eigenvalue weighted by Crippen LogP contribution is -2.39. The summed E-state index contributed by atoms with van der Waals surface area (Å²) in [7, 11) is 0. The number of hydrogen-bond acceptors (Lipinski definition) is 7. The van der Waals surface area contributed by atoms with E-state index in [-0.39, 0.29) is 34.4 Å². The van der Waals surface area contributed by atoms with E-state index in [1.165, 1.54) is 24.3 Å². The van der Waals surface area contributed by atoms with Gasteiger partial charge < -0.3 is 14.8 Å². The lowest BCUT2D eigenvalue weighted by Gasteiger charge is -2.16. The summed E-state index contributed by atoms with van der Waals surface area (Å²) in [5.41, 5.74) is 0.831. The lowest BCUT2D eigenvalue weighted by molar-refractivity contribution is -0.121. The van der Waals surface area contributed by atoms with Crippen molar-refractivity contribution in [1.29, 1.82) is 0 Å². The van der Waals surface area contributed by atoms with Crippen LogP contribution < -0.4 is 10.2 Å². The number of nitrogens with zero attached hydrogens (tertiary/aromatic N) is 1. The second kappa shape index (κ2) is 11.7. The molecule has 0 radical (unpaired) electrons. The third-order valence-electron chi connectivity index (χ3n) is 5.08. The van der Waals surface area contributed by atoms with Crippen molar-refractivity contribution in [2.24, 2.45) is 0 Å². The quantitative estimate of drug-likeness (QED) is 0.232. The molecular formula is C24H25ClN2O6. The van der Waals surface area contributed by atoms with Gasteiger partial charge in [-0.1, -0.05) is 23.7 Å². The number of halogens is 1. The van der Waals surface area contributed by atoms with Gasteiger partial charge in [-0.25, -0.2) is 9.69 Å². The second-order valence-corrected chi connectivity index (χ2v) is 7.76. The molecule has 1 N–H and O–H groups in total. The molecule has 1 atom stereocenters. The maximum Gasteiger partial charge on any atom is 0.338 e. The van der Waals surface area contributed by atoms with Gasteiger partial charge in [0.2, 0.25) is 11.7 Å². The lowest BCUT2D eigenvalue weighted by atomic mass is 10.1. The topological polar surface area (TPSA) is 102 Å². The molecule has 1 aliphatic heterocycles. The van der Waals surface area contributed by atoms with Crippen LogP contribution in [0, 0.1) is 0 Å². The van der Waals surface area contributed by atoms with Crippen molar-refractivity contribution in [1.82, 2.24) is 5.32 Å². The molecule has 0 spiro atoms. The Balaban J connectivity index is 1.55. The number of Topliss-reactive ketones (excluding diaryl/α,β-unsaturated/α-hetero) is 1. The normalized spacial score (nSPS) is 15.7. The first-order valence-electron chi connectivity index (χ1n) is 10.6. The zero-order valence-electron chi connectivity index (χ0n) is 18.2. The van der Waals surface area contributed by atoms with E-state index in [0.717, 1.165) is 11.3 Å². The van der Waals surface area contributed by atoms with Crippen LogP contribution in [-0.2, 0) is 19.1 Å². The number of nitrogens with one attached hydrogen (secondary N) is 1. The Bertz CT molecular complexity index is 1020. The summed E-state index contributed by atoms with van der Waals surface area (Å²) in [5, 5.41) is 3.37. The first-order chi connectivity index (χ1) is 15.9. The van der Waals surface area contributed by atoms with Crippen molar-refractivity contribution in [3.63, 3.8) is 0 Å². The first-order valence-corrected chi connectivity index (χ1v) is 11.0. The molecule has 0 saturated carbocycles. The van der Waals surface area contributed by atoms with Crippen molar-refractivity contribution in [2.45, 2.75) is 25.8 Å². The summed E-state index contributed by atoms with van der Waals surface area (Å²) in [5.74, 6) is -1.77. The zero-order valence-corrected chi connectivity index (χ0v) is 19.0. The van der Waals surface area contributed by atoms with Crippen LogP contribution in [0.1, 0.15) is 40.5 Å². The molecule has 2 aromatic carbocycles. The fourth-order valence-corrected chi connectivity index (χ4v) is 3.62. The molecule has 1 saturated heterocycles. The molecule has 0 aliphatic carbocycles. The highest BCUT2D eigenvalue weighted by Gasteiger charge is 2.39. The third-order valence-corrected chi connectivity index (χ3v) is 5.41. The van der Waals surface area contributed by atoms with E-state index >= 15 is 0 Å². The Hall–Kier alpha value is -3.07. The van der Waals surface area contributed by atoms with E-state index in [9.17, 15) is 19.2 Å². The summed E-state index contributed by atoms with van der Waals surface area (Å²) in [6.07, 6.45) is 0.809. The van der Waals surface area contributed by atoms with Gasteiger partial charge >= 0.3 is 5.97 Å². The minimum absolute atomic E-state index is 0.0709. The largest absolute Gasteiger partial charge is 0.454 e. The molecule has 1 aliphatic rings. The number of benzene rings is 2. The second-order valence-electron chi connectivity index (χ2n) is 7.35. The van der Waals surface area contributed by atoms with Gasteiger partial charge in [0.25, 0.3) is 5.91 Å². The molecule has 3 rings (SSSR count). The Morgan fingerprint density at radius 2 is 1.85 bits per heavy atom. The number of esters is 1. The molecule has 9 heteroatoms. The minimum atomic E-state index is -0.699. The van der Waals surface area contributed by atoms with E-state index < -0.39 is 24.4 Å². The van der Waals surface area contributed by atoms with Crippen molar-refractivity contribution in [3.8, 4) is 0 Å². The van der Waals surface area contributed by atoms with Crippen LogP contribution >= 0.6 is 11.6 Å². The third kappa shape index (κ3) is 6.25. The molecule has 8 nitrogen and oxygen atoms in total. The van der Waals surface area contributed by atoms with E-state index in [2.05, 4.69) is 5.32 Å². The number of ketones is 1. The van der Waals surface area contributed by atoms with Gasteiger partial charge in [0.05, 0.1) is 28.7 Å². The maximum absolute atomic E-state index is 12.7. The number of hydrogen-bond donors (Lipinski definition) is 1. The summed E-state index contributed by atoms with van der Waals surface area (Å²) < 4.78 is 10.3. The monoisotopic (exact) mass is 472 g/mol. The molecule has 0 aromatic heterocycles. The van der Waals surface area contributed by atoms with E-state index in [4.69, 9.17) is 21.1 Å². The molecule has 1 fully saturated rings. The van der Waals surface area contributed by atoms with Gasteiger partial charge in [0.1, 0.15) is 0 Å². The molecule has 1 heterocycles. The molecule has 2 aromatic rings. The van der Waals surface area contributed by atoms with Gasteiger partial charge in [-0.15, -0.1) is 0 Å². The van der Waals surface area contributed by atoms with E-state index in [0.29, 0.717) is 25.4 Å². The van der Waals surface area contributed by atoms with E-state index in [1.54, 1.807) is 24.3 Å². The number of anilines is 1. The summed E-state index contributed by atoms with van der Waals surface area (Å²) in [6, 6.07) is 11.8. The Morgan fingerprint density at radius 1 is 1.12 bits per heavy atom. The molecule has 1 unspecified atom stereocenters. The van der Waals surface area contributed by atoms with Crippen LogP contribution in [0.25, 0.3) is 0 Å². The highest BCUT2D eigenvalue weighted by molar-refractivity contribution is 6.34. The van der Waals surface area contributed by atoms with Crippen LogP contribution in [0.3, 0.4) is 0 Å². The zero-order chi connectivity index (χ0) is 23.8. The van der Waals surface area contributed by atoms with Gasteiger partial charge in [0.15, 0.2) is 6.61 Å². The van der Waals surface area contributed by atoms with Crippen molar-refractivity contribution >= 4 is 40.9 Å². The number of imide groups is 1. The predicted molar refractivity (Wildman–Crippen MR) is 123 cm³/mol. The summed E-state index contributed by atoms with van der Waals surface area (Å²) in [4.78, 5) is 50.7. The van der Waals surface area contributed by atoms with Gasteiger partial charge in [-0.3, -0.25) is 14.4 Å². The van der Waals surface area contributed by atoms with Gasteiger partial charge in [-0.05, 0) is 56.3 Å². The van der Waals surface area contributed by atoms with Crippen LogP contribution in [0.15, 0.2) is 48.5 Å². The van der Waals surface area contributed by atoms with Crippen molar-refractivity contribution < 1.29 is 28.7 Å². The van der Waals surface area contributed by atoms with Crippen LogP contribution in [0.4, 0.5) is 5.69 Å². The Labute approximate surface area is 196 Å². The maximum atomic E-state index is 12.7. The first kappa shape index (κ1) is 24.6. The van der Waals surface area contributed by atoms with Crippen LogP contribution in [-0.4, -0.2) is 56.0 Å². The van der Waals surface area contributed by atoms with Crippen LogP contribution in [0.5, 0.6) is 0 Å². The fourth-order valence-electron chi connectivity index (χ4n) is 3.38. The highest BCUT2D eigenvalue weighted by Crippen LogP contribution is 2.24. The number of ether oxygens (including phenoxy) is 2. The Kier molecular flexibility index (Phi) is 8.71.